The monoisotopic (exact) mass is 575 g/mol. The van der Waals surface area contributed by atoms with Gasteiger partial charge in [0.25, 0.3) is 11.8 Å². The number of aromatic nitrogens is 2. The van der Waals surface area contributed by atoms with Crippen LogP contribution in [0.5, 0.6) is 0 Å². The van der Waals surface area contributed by atoms with Crippen molar-refractivity contribution in [1.29, 1.82) is 0 Å². The zero-order valence-corrected chi connectivity index (χ0v) is 23.7. The highest BCUT2D eigenvalue weighted by Crippen LogP contribution is 2.38. The second kappa shape index (κ2) is 12.4. The molecular formula is C30H26ClN3O3S2. The Labute approximate surface area is 241 Å². The number of benzene rings is 3. The first-order valence-corrected chi connectivity index (χ1v) is 13.8. The topological polar surface area (TPSA) is 83.4 Å². The average Bonchev–Trinajstić information content (AvgIpc) is 3.65. The number of imide groups is 1. The Kier molecular flexibility index (Phi) is 9.04. The molecule has 2 aromatic heterocycles. The van der Waals surface area contributed by atoms with Crippen molar-refractivity contribution < 1.29 is 14.7 Å². The Bertz CT molecular complexity index is 1540. The third-order valence-corrected chi connectivity index (χ3v) is 8.34. The van der Waals surface area contributed by atoms with Gasteiger partial charge in [-0.1, -0.05) is 72.8 Å². The number of hydrogen-bond acceptors (Lipinski definition) is 7. The number of carbonyl (C=O) groups excluding carboxylic acids is 2. The van der Waals surface area contributed by atoms with Gasteiger partial charge in [-0.2, -0.15) is 0 Å². The van der Waals surface area contributed by atoms with E-state index in [-0.39, 0.29) is 24.2 Å². The molecule has 6 nitrogen and oxygen atoms in total. The summed E-state index contributed by atoms with van der Waals surface area (Å²) in [5, 5.41) is 10.0. The molecule has 0 bridgehead atoms. The molecule has 1 aliphatic rings. The predicted molar refractivity (Wildman–Crippen MR) is 157 cm³/mol. The van der Waals surface area contributed by atoms with Gasteiger partial charge >= 0.3 is 0 Å². The fraction of sp³-hybridized carbons (Fsp3) is 0.133. The summed E-state index contributed by atoms with van der Waals surface area (Å²) in [5.74, 6) is -0.505. The summed E-state index contributed by atoms with van der Waals surface area (Å²) in [7, 11) is 0. The van der Waals surface area contributed by atoms with Crippen molar-refractivity contribution in [3.05, 3.63) is 139 Å². The van der Waals surface area contributed by atoms with Gasteiger partial charge in [0.05, 0.1) is 43.3 Å². The standard InChI is InChI=1S/C19H14N2O2S.C11H11NOS.ClH/c1-12-17(24-11-20-12)16(13-7-3-2-4-8-13)21-18(22)14-9-5-6-10-15(14)19(21)23;1-8-11(14-7-12-8)10(13)9-5-3-2-4-6-9;/h2-11,16H,1H3;2-7,10,13H,1H3;1H. The Morgan fingerprint density at radius 3 is 1.56 bits per heavy atom. The quantitative estimate of drug-likeness (QED) is 0.233. The van der Waals surface area contributed by atoms with Crippen LogP contribution in [0.3, 0.4) is 0 Å². The minimum absolute atomic E-state index is 0. The number of fused-ring (bicyclic) bond motifs is 1. The predicted octanol–water partition coefficient (Wildman–Crippen LogP) is 6.79. The minimum Gasteiger partial charge on any atom is -0.383 e. The van der Waals surface area contributed by atoms with E-state index in [1.54, 1.807) is 35.3 Å². The SMILES string of the molecule is Cc1ncsc1C(O)c1ccccc1.Cc1ncsc1C(c1ccccc1)N1C(=O)c2ccccc2C1=O.Cl. The maximum atomic E-state index is 12.9. The van der Waals surface area contributed by atoms with Gasteiger partial charge in [-0.05, 0) is 37.1 Å². The molecule has 0 radical (unpaired) electrons. The summed E-state index contributed by atoms with van der Waals surface area (Å²) in [4.78, 5) is 37.5. The molecule has 198 valence electrons. The molecule has 9 heteroatoms. The van der Waals surface area contributed by atoms with Crippen LogP contribution in [0, 0.1) is 13.8 Å². The van der Waals surface area contributed by atoms with Gasteiger partial charge in [-0.25, -0.2) is 9.97 Å². The van der Waals surface area contributed by atoms with Crippen LogP contribution in [-0.2, 0) is 0 Å². The van der Waals surface area contributed by atoms with Gasteiger partial charge in [-0.15, -0.1) is 35.1 Å². The van der Waals surface area contributed by atoms with E-state index >= 15 is 0 Å². The van der Waals surface area contributed by atoms with Gasteiger partial charge in [0, 0.05) is 0 Å². The average molecular weight is 576 g/mol. The summed E-state index contributed by atoms with van der Waals surface area (Å²) in [6, 6.07) is 25.8. The molecule has 6 rings (SSSR count). The lowest BCUT2D eigenvalue weighted by Crippen LogP contribution is -2.34. The van der Waals surface area contributed by atoms with Crippen molar-refractivity contribution >= 4 is 46.9 Å². The molecule has 3 aromatic carbocycles. The molecule has 2 atom stereocenters. The molecule has 39 heavy (non-hydrogen) atoms. The van der Waals surface area contributed by atoms with E-state index in [9.17, 15) is 14.7 Å². The molecule has 0 spiro atoms. The number of halogens is 1. The lowest BCUT2D eigenvalue weighted by atomic mass is 10.0. The molecule has 5 aromatic rings. The highest BCUT2D eigenvalue weighted by atomic mass is 35.5. The maximum absolute atomic E-state index is 12.9. The number of thiazole rings is 2. The fourth-order valence-corrected chi connectivity index (χ4v) is 6.16. The Morgan fingerprint density at radius 2 is 1.10 bits per heavy atom. The van der Waals surface area contributed by atoms with E-state index in [2.05, 4.69) is 9.97 Å². The number of amides is 2. The Morgan fingerprint density at radius 1 is 0.667 bits per heavy atom. The lowest BCUT2D eigenvalue weighted by molar-refractivity contribution is 0.0610. The van der Waals surface area contributed by atoms with Crippen LogP contribution >= 0.6 is 35.1 Å². The van der Waals surface area contributed by atoms with Gasteiger partial charge in [-0.3, -0.25) is 14.5 Å². The van der Waals surface area contributed by atoms with Crippen LogP contribution in [0.25, 0.3) is 0 Å². The number of nitrogens with zero attached hydrogens (tertiary/aromatic N) is 3. The summed E-state index contributed by atoms with van der Waals surface area (Å²) in [6.45, 7) is 3.82. The van der Waals surface area contributed by atoms with Crippen LogP contribution < -0.4 is 0 Å². The summed E-state index contributed by atoms with van der Waals surface area (Å²) in [6.07, 6.45) is -0.538. The highest BCUT2D eigenvalue weighted by Gasteiger charge is 2.42. The summed E-state index contributed by atoms with van der Waals surface area (Å²) >= 11 is 2.96. The number of hydrogen-bond donors (Lipinski definition) is 1. The summed E-state index contributed by atoms with van der Waals surface area (Å²) < 4.78 is 0. The van der Waals surface area contributed by atoms with Gasteiger partial charge in [0.1, 0.15) is 12.1 Å². The lowest BCUT2D eigenvalue weighted by Gasteiger charge is -2.26. The molecule has 1 N–H and O–H groups in total. The largest absolute Gasteiger partial charge is 0.383 e. The third kappa shape index (κ3) is 5.69. The zero-order chi connectivity index (χ0) is 26.6. The molecule has 3 heterocycles. The maximum Gasteiger partial charge on any atom is 0.262 e. The molecule has 0 saturated carbocycles. The normalized spacial score (nSPS) is 13.7. The molecule has 1 aliphatic heterocycles. The molecule has 0 saturated heterocycles. The second-order valence-corrected chi connectivity index (χ2v) is 10.5. The van der Waals surface area contributed by atoms with Crippen molar-refractivity contribution in [2.75, 3.05) is 0 Å². The van der Waals surface area contributed by atoms with E-state index in [4.69, 9.17) is 0 Å². The van der Waals surface area contributed by atoms with E-state index in [1.807, 2.05) is 74.5 Å². The van der Waals surface area contributed by atoms with E-state index in [0.29, 0.717) is 11.1 Å². The molecule has 0 fully saturated rings. The number of aliphatic hydroxyl groups excluding tert-OH is 1. The Hall–Kier alpha value is -3.69. The third-order valence-electron chi connectivity index (χ3n) is 6.38. The number of aryl methyl sites for hydroxylation is 2. The van der Waals surface area contributed by atoms with Crippen molar-refractivity contribution in [2.24, 2.45) is 0 Å². The van der Waals surface area contributed by atoms with Crippen molar-refractivity contribution in [2.45, 2.75) is 26.0 Å². The van der Waals surface area contributed by atoms with Crippen molar-refractivity contribution in [1.82, 2.24) is 14.9 Å². The number of carbonyl (C=O) groups is 2. The molecule has 2 unspecified atom stereocenters. The first-order chi connectivity index (χ1) is 18.5. The first-order valence-electron chi connectivity index (χ1n) is 12.0. The number of rotatable bonds is 5. The molecular weight excluding hydrogens is 550 g/mol. The first kappa shape index (κ1) is 28.3. The fourth-order valence-electron chi connectivity index (χ4n) is 4.43. The van der Waals surface area contributed by atoms with Gasteiger partial charge in [0.2, 0.25) is 0 Å². The highest BCUT2D eigenvalue weighted by molar-refractivity contribution is 7.10. The Balaban J connectivity index is 0.000000202. The van der Waals surface area contributed by atoms with Crippen LogP contribution in [0.4, 0.5) is 0 Å². The zero-order valence-electron chi connectivity index (χ0n) is 21.2. The van der Waals surface area contributed by atoms with Crippen LogP contribution in [0.2, 0.25) is 0 Å². The smallest absolute Gasteiger partial charge is 0.262 e. The van der Waals surface area contributed by atoms with Crippen molar-refractivity contribution in [3.8, 4) is 0 Å². The second-order valence-electron chi connectivity index (χ2n) is 8.76. The molecule has 0 aliphatic carbocycles. The van der Waals surface area contributed by atoms with E-state index in [0.717, 1.165) is 32.3 Å². The van der Waals surface area contributed by atoms with Crippen LogP contribution in [0.15, 0.2) is 96.0 Å². The van der Waals surface area contributed by atoms with E-state index < -0.39 is 12.1 Å². The van der Waals surface area contributed by atoms with Crippen molar-refractivity contribution in [3.63, 3.8) is 0 Å². The van der Waals surface area contributed by atoms with E-state index in [1.165, 1.54) is 27.6 Å². The van der Waals surface area contributed by atoms with Crippen LogP contribution in [0.1, 0.15) is 65.1 Å². The summed E-state index contributed by atoms with van der Waals surface area (Å²) in [5.41, 5.74) is 8.00. The van der Waals surface area contributed by atoms with Gasteiger partial charge in [0.15, 0.2) is 0 Å². The number of aliphatic hydroxyl groups is 1. The molecule has 2 amide bonds. The minimum atomic E-state index is -0.538. The van der Waals surface area contributed by atoms with Gasteiger partial charge < -0.3 is 5.11 Å². The van der Waals surface area contributed by atoms with Crippen LogP contribution in [-0.4, -0.2) is 31.8 Å².